The van der Waals surface area contributed by atoms with E-state index < -0.39 is 59.5 Å². The maximum absolute atomic E-state index is 13.2. The number of nitrogens with one attached hydrogen (secondary N) is 1. The molecule has 1 amide bonds. The van der Waals surface area contributed by atoms with Crippen LogP contribution in [0, 0.1) is 17.3 Å². The zero-order valence-electron chi connectivity index (χ0n) is 29.1. The lowest BCUT2D eigenvalue weighted by atomic mass is 9.71. The molecule has 48 heavy (non-hydrogen) atoms. The number of carbonyl (C=O) groups is 2. The summed E-state index contributed by atoms with van der Waals surface area (Å²) in [5, 5.41) is 55.3. The van der Waals surface area contributed by atoms with Crippen molar-refractivity contribution in [2.45, 2.75) is 103 Å². The van der Waals surface area contributed by atoms with Crippen molar-refractivity contribution >= 4 is 11.9 Å². The molecule has 11 nitrogen and oxygen atoms in total. The summed E-state index contributed by atoms with van der Waals surface area (Å²) in [6, 6.07) is 0. The number of carboxylic acid groups (broad SMARTS) is 1. The zero-order valence-corrected chi connectivity index (χ0v) is 29.1. The van der Waals surface area contributed by atoms with Gasteiger partial charge in [-0.15, -0.1) is 0 Å². The first-order valence-electron chi connectivity index (χ1n) is 16.4. The Morgan fingerprint density at radius 1 is 1.02 bits per heavy atom. The van der Waals surface area contributed by atoms with Gasteiger partial charge in [0.25, 0.3) is 0 Å². The summed E-state index contributed by atoms with van der Waals surface area (Å²) in [4.78, 5) is 23.8. The van der Waals surface area contributed by atoms with Crippen LogP contribution in [-0.4, -0.2) is 99.6 Å². The van der Waals surface area contributed by atoms with Gasteiger partial charge in [-0.1, -0.05) is 101 Å². The van der Waals surface area contributed by atoms with E-state index in [2.05, 4.69) is 5.32 Å². The first-order chi connectivity index (χ1) is 22.6. The van der Waals surface area contributed by atoms with Gasteiger partial charge in [-0.25, -0.2) is 4.79 Å². The number of carboxylic acids is 1. The van der Waals surface area contributed by atoms with Gasteiger partial charge < -0.3 is 45.1 Å². The average Bonchev–Trinajstić information content (AvgIpc) is 3.41. The van der Waals surface area contributed by atoms with E-state index in [1.54, 1.807) is 82.6 Å². The van der Waals surface area contributed by atoms with E-state index in [4.69, 9.17) is 19.3 Å². The van der Waals surface area contributed by atoms with Crippen LogP contribution in [0.3, 0.4) is 0 Å². The SMILES string of the molecule is C/C=C\C=C\[C@@H]1O[C@](O)([C@@H](CC)C(=O)NC/C=C/C=C(\C)[C@@H](OC)[C@@H](C)[C@H]2C[C@@H](O)[C@@H](/C=C/C=C/C=C/C(=O)O)O2)[C@H](O)[C@H](O)C1(C)C. The molecule has 2 aliphatic heterocycles. The molecule has 11 heteroatoms. The molecule has 0 spiro atoms. The van der Waals surface area contributed by atoms with Crippen LogP contribution in [0.1, 0.15) is 54.4 Å². The van der Waals surface area contributed by atoms with E-state index in [-0.39, 0.29) is 31.1 Å². The molecule has 2 fully saturated rings. The number of hydrogen-bond acceptors (Lipinski definition) is 9. The van der Waals surface area contributed by atoms with Gasteiger partial charge in [0.05, 0.1) is 36.4 Å². The van der Waals surface area contributed by atoms with Crippen molar-refractivity contribution in [2.24, 2.45) is 17.3 Å². The lowest BCUT2D eigenvalue weighted by molar-refractivity contribution is -0.359. The Labute approximate surface area is 284 Å². The zero-order chi connectivity index (χ0) is 36.1. The summed E-state index contributed by atoms with van der Waals surface area (Å²) in [5.74, 6) is -5.10. The van der Waals surface area contributed by atoms with Crippen LogP contribution < -0.4 is 5.32 Å². The van der Waals surface area contributed by atoms with Crippen LogP contribution in [0.5, 0.6) is 0 Å². The first kappa shape index (κ1) is 41.0. The monoisotopic (exact) mass is 673 g/mol. The van der Waals surface area contributed by atoms with Crippen molar-refractivity contribution in [3.63, 3.8) is 0 Å². The van der Waals surface area contributed by atoms with E-state index in [9.17, 15) is 30.0 Å². The Morgan fingerprint density at radius 2 is 1.69 bits per heavy atom. The highest BCUT2D eigenvalue weighted by Crippen LogP contribution is 2.44. The van der Waals surface area contributed by atoms with Gasteiger partial charge in [-0.3, -0.25) is 4.79 Å². The number of rotatable bonds is 16. The topological polar surface area (TPSA) is 175 Å². The molecule has 6 N–H and O–H groups in total. The maximum atomic E-state index is 13.2. The van der Waals surface area contributed by atoms with Crippen molar-refractivity contribution in [3.05, 3.63) is 84.6 Å². The number of methoxy groups -OCH3 is 1. The molecule has 2 saturated heterocycles. The van der Waals surface area contributed by atoms with Crippen LogP contribution >= 0.6 is 0 Å². The Hall–Kier alpha value is -3.16. The highest BCUT2D eigenvalue weighted by molar-refractivity contribution is 5.80. The number of aliphatic hydroxyl groups excluding tert-OH is 3. The minimum Gasteiger partial charge on any atom is -0.478 e. The second-order valence-electron chi connectivity index (χ2n) is 12.9. The molecular formula is C37H55NO10. The van der Waals surface area contributed by atoms with E-state index in [0.717, 1.165) is 11.6 Å². The fourth-order valence-electron chi connectivity index (χ4n) is 6.09. The first-order valence-corrected chi connectivity index (χ1v) is 16.4. The van der Waals surface area contributed by atoms with Crippen LogP contribution in [0.4, 0.5) is 0 Å². The summed E-state index contributed by atoms with van der Waals surface area (Å²) in [6.45, 7) is 11.1. The Bertz CT molecular complexity index is 1260. The minimum atomic E-state index is -2.30. The molecule has 268 valence electrons. The largest absolute Gasteiger partial charge is 0.478 e. The Balaban J connectivity index is 2.01. The van der Waals surface area contributed by atoms with E-state index in [1.807, 2.05) is 32.9 Å². The summed E-state index contributed by atoms with van der Waals surface area (Å²) in [7, 11) is 1.61. The standard InChI is InChI=1S/C37H55NO10/c1-8-10-13-20-30-36(5,6)33(42)34(43)37(45,48-30)26(9-2)35(44)38-22-17-16-18-24(3)32(46-7)25(4)29-23-27(39)28(47-29)19-14-11-12-15-21-31(40)41/h8,10-21,25-30,32-34,39,42-43,45H,9,22-23H2,1-7H3,(H,38,44)(H,40,41)/b10-8-,12-11+,17-16+,19-14+,20-13+,21-15+,24-18+/t25-,26-,27+,28+,29+,30-,32+,33-,34+,37+/m0/s1. The van der Waals surface area contributed by atoms with E-state index >= 15 is 0 Å². The van der Waals surface area contributed by atoms with Crippen molar-refractivity contribution < 1.29 is 49.3 Å². The summed E-state index contributed by atoms with van der Waals surface area (Å²) in [6.07, 6.45) is 16.5. The number of carbonyl (C=O) groups excluding carboxylic acids is 1. The van der Waals surface area contributed by atoms with Gasteiger partial charge in [0.15, 0.2) is 0 Å². The fraction of sp³-hybridized carbons (Fsp3) is 0.568. The van der Waals surface area contributed by atoms with Gasteiger partial charge >= 0.3 is 5.97 Å². The predicted octanol–water partition coefficient (Wildman–Crippen LogP) is 3.52. The average molecular weight is 674 g/mol. The van der Waals surface area contributed by atoms with Crippen LogP contribution in [0.2, 0.25) is 0 Å². The van der Waals surface area contributed by atoms with Crippen molar-refractivity contribution in [2.75, 3.05) is 13.7 Å². The number of aliphatic hydroxyl groups is 4. The summed E-state index contributed by atoms with van der Waals surface area (Å²) >= 11 is 0. The van der Waals surface area contributed by atoms with E-state index in [0.29, 0.717) is 6.42 Å². The second-order valence-corrected chi connectivity index (χ2v) is 12.9. The molecule has 0 aromatic carbocycles. The third-order valence-corrected chi connectivity index (χ3v) is 9.06. The number of hydrogen-bond donors (Lipinski definition) is 6. The number of allylic oxidation sites excluding steroid dienone is 9. The highest BCUT2D eigenvalue weighted by Gasteiger charge is 2.60. The van der Waals surface area contributed by atoms with E-state index in [1.165, 1.54) is 6.08 Å². The van der Waals surface area contributed by atoms with Gasteiger partial charge in [0.2, 0.25) is 11.7 Å². The van der Waals surface area contributed by atoms with Gasteiger partial charge in [0, 0.05) is 37.5 Å². The molecule has 0 aliphatic carbocycles. The van der Waals surface area contributed by atoms with Gasteiger partial charge in [-0.05, 0) is 25.8 Å². The number of ether oxygens (including phenoxy) is 3. The fourth-order valence-corrected chi connectivity index (χ4v) is 6.09. The second kappa shape index (κ2) is 19.1. The molecule has 2 heterocycles. The van der Waals surface area contributed by atoms with Crippen LogP contribution in [0.15, 0.2) is 84.6 Å². The number of amides is 1. The predicted molar refractivity (Wildman–Crippen MR) is 184 cm³/mol. The van der Waals surface area contributed by atoms with Crippen LogP contribution in [0.25, 0.3) is 0 Å². The van der Waals surface area contributed by atoms with Crippen LogP contribution in [-0.2, 0) is 23.8 Å². The van der Waals surface area contributed by atoms with Crippen molar-refractivity contribution in [1.82, 2.24) is 5.32 Å². The molecule has 10 atom stereocenters. The lowest BCUT2D eigenvalue weighted by Crippen LogP contribution is -2.69. The van der Waals surface area contributed by atoms with Gasteiger partial charge in [-0.2, -0.15) is 0 Å². The smallest absolute Gasteiger partial charge is 0.328 e. The molecule has 0 saturated carbocycles. The Morgan fingerprint density at radius 3 is 2.31 bits per heavy atom. The minimum absolute atomic E-state index is 0.0913. The normalized spacial score (nSPS) is 31.9. The molecule has 0 aromatic rings. The maximum Gasteiger partial charge on any atom is 0.328 e. The molecular weight excluding hydrogens is 618 g/mol. The lowest BCUT2D eigenvalue weighted by Gasteiger charge is -2.53. The quantitative estimate of drug-likeness (QED) is 0.105. The van der Waals surface area contributed by atoms with Gasteiger partial charge in [0.1, 0.15) is 12.2 Å². The Kier molecular flexibility index (Phi) is 16.4. The molecule has 2 aliphatic rings. The van der Waals surface area contributed by atoms with Crippen molar-refractivity contribution in [3.8, 4) is 0 Å². The summed E-state index contributed by atoms with van der Waals surface area (Å²) < 4.78 is 17.9. The number of aliphatic carboxylic acids is 1. The molecule has 0 radical (unpaired) electrons. The molecule has 2 rings (SSSR count). The summed E-state index contributed by atoms with van der Waals surface area (Å²) in [5.41, 5.74) is -0.0158. The third-order valence-electron chi connectivity index (χ3n) is 9.06. The van der Waals surface area contributed by atoms with Crippen molar-refractivity contribution in [1.29, 1.82) is 0 Å². The highest BCUT2D eigenvalue weighted by atomic mass is 16.7. The third kappa shape index (κ3) is 10.7. The molecule has 0 unspecified atom stereocenters. The molecule has 0 aromatic heterocycles. The molecule has 0 bridgehead atoms.